The van der Waals surface area contributed by atoms with Crippen LogP contribution in [0.3, 0.4) is 0 Å². The van der Waals surface area contributed by atoms with Gasteiger partial charge in [0, 0.05) is 0 Å². The molecule has 0 bridgehead atoms. The molecule has 0 heterocycles. The van der Waals surface area contributed by atoms with E-state index in [0.29, 0.717) is 0 Å². The van der Waals surface area contributed by atoms with Crippen LogP contribution in [0.2, 0.25) is 0 Å². The Bertz CT molecular complexity index is 1010. The zero-order chi connectivity index (χ0) is 16.9. The molecular weight excluding hydrogens is 300 g/mol. The van der Waals surface area contributed by atoms with Gasteiger partial charge in [-0.1, -0.05) is 91.0 Å². The molecular formula is C25H18. The molecule has 3 aromatic rings. The van der Waals surface area contributed by atoms with E-state index in [9.17, 15) is 0 Å². The van der Waals surface area contributed by atoms with Gasteiger partial charge < -0.3 is 0 Å². The summed E-state index contributed by atoms with van der Waals surface area (Å²) in [6.45, 7) is 0. The first-order chi connectivity index (χ1) is 12.4. The lowest BCUT2D eigenvalue weighted by Crippen LogP contribution is -1.90. The Balaban J connectivity index is 1.91. The van der Waals surface area contributed by atoms with Crippen LogP contribution in [0.15, 0.2) is 115 Å². The molecule has 0 aliphatic heterocycles. The molecule has 0 radical (unpaired) electrons. The van der Waals surface area contributed by atoms with E-state index >= 15 is 0 Å². The lowest BCUT2D eigenvalue weighted by Gasteiger charge is -2.15. The van der Waals surface area contributed by atoms with Crippen LogP contribution >= 0.6 is 0 Å². The van der Waals surface area contributed by atoms with E-state index in [1.54, 1.807) is 0 Å². The molecule has 0 nitrogen and oxygen atoms in total. The van der Waals surface area contributed by atoms with Gasteiger partial charge in [0.1, 0.15) is 0 Å². The monoisotopic (exact) mass is 318 g/mol. The van der Waals surface area contributed by atoms with Crippen LogP contribution in [0.5, 0.6) is 0 Å². The van der Waals surface area contributed by atoms with Gasteiger partial charge >= 0.3 is 0 Å². The van der Waals surface area contributed by atoms with Gasteiger partial charge in [-0.15, -0.1) is 5.73 Å². The van der Waals surface area contributed by atoms with Gasteiger partial charge in [0.15, 0.2) is 0 Å². The van der Waals surface area contributed by atoms with E-state index < -0.39 is 0 Å². The molecule has 0 aromatic heterocycles. The van der Waals surface area contributed by atoms with Crippen molar-refractivity contribution in [2.45, 2.75) is 0 Å². The fraction of sp³-hybridized carbons (Fsp3) is 0. The smallest absolute Gasteiger partial charge is 0.00992 e. The Hall–Kier alpha value is -3.34. The third-order valence-corrected chi connectivity index (χ3v) is 4.37. The number of rotatable bonds is 3. The van der Waals surface area contributed by atoms with Gasteiger partial charge in [-0.05, 0) is 51.6 Å². The molecule has 4 rings (SSSR count). The van der Waals surface area contributed by atoms with Gasteiger partial charge in [-0.3, -0.25) is 0 Å². The van der Waals surface area contributed by atoms with Crippen molar-refractivity contribution in [1.29, 1.82) is 0 Å². The fourth-order valence-corrected chi connectivity index (χ4v) is 3.19. The molecule has 0 amide bonds. The zero-order valence-electron chi connectivity index (χ0n) is 13.9. The highest BCUT2D eigenvalue weighted by molar-refractivity contribution is 5.92. The highest BCUT2D eigenvalue weighted by Gasteiger charge is 2.12. The van der Waals surface area contributed by atoms with E-state index in [0.717, 1.165) is 0 Å². The number of allylic oxidation sites excluding steroid dienone is 5. The Morgan fingerprint density at radius 3 is 1.88 bits per heavy atom. The summed E-state index contributed by atoms with van der Waals surface area (Å²) < 4.78 is 0. The summed E-state index contributed by atoms with van der Waals surface area (Å²) in [5.74, 6) is 0. The highest BCUT2D eigenvalue weighted by Crippen LogP contribution is 2.36. The van der Waals surface area contributed by atoms with Crippen molar-refractivity contribution in [3.8, 4) is 22.3 Å². The van der Waals surface area contributed by atoms with Crippen molar-refractivity contribution in [2.75, 3.05) is 0 Å². The molecule has 3 aromatic carbocycles. The summed E-state index contributed by atoms with van der Waals surface area (Å²) in [6.07, 6.45) is 10.2. The summed E-state index contributed by atoms with van der Waals surface area (Å²) >= 11 is 0. The maximum absolute atomic E-state index is 3.13. The zero-order valence-corrected chi connectivity index (χ0v) is 13.9. The van der Waals surface area contributed by atoms with Crippen LogP contribution in [0.1, 0.15) is 5.56 Å². The van der Waals surface area contributed by atoms with E-state index in [1.165, 1.54) is 33.4 Å². The van der Waals surface area contributed by atoms with E-state index in [-0.39, 0.29) is 0 Å². The second-order valence-corrected chi connectivity index (χ2v) is 5.94. The summed E-state index contributed by atoms with van der Waals surface area (Å²) in [4.78, 5) is 0. The standard InChI is InChI=1S/C25H18/c1-2-5-13-20(12-4-1)22-16-8-10-18-24(22)25-19-11-9-17-23(25)21-14-6-3-7-15-21/h1,3-19H. The summed E-state index contributed by atoms with van der Waals surface area (Å²) in [7, 11) is 0. The van der Waals surface area contributed by atoms with Gasteiger partial charge in [0.2, 0.25) is 0 Å². The molecule has 0 heteroatoms. The van der Waals surface area contributed by atoms with Crippen LogP contribution in [-0.2, 0) is 0 Å². The molecule has 0 spiro atoms. The third-order valence-electron chi connectivity index (χ3n) is 4.37. The Morgan fingerprint density at radius 1 is 0.520 bits per heavy atom. The van der Waals surface area contributed by atoms with Gasteiger partial charge in [0.05, 0.1) is 0 Å². The number of benzene rings is 3. The normalized spacial score (nSPS) is 12.7. The number of hydrogen-bond donors (Lipinski definition) is 0. The molecule has 0 N–H and O–H groups in total. The van der Waals surface area contributed by atoms with Crippen LogP contribution in [0.25, 0.3) is 27.8 Å². The van der Waals surface area contributed by atoms with Crippen molar-refractivity contribution >= 4 is 5.57 Å². The average Bonchev–Trinajstić information content (AvgIpc) is 2.98. The van der Waals surface area contributed by atoms with Crippen molar-refractivity contribution in [2.24, 2.45) is 0 Å². The van der Waals surface area contributed by atoms with Crippen molar-refractivity contribution in [1.82, 2.24) is 0 Å². The first-order valence-corrected chi connectivity index (χ1v) is 8.47. The van der Waals surface area contributed by atoms with Crippen molar-refractivity contribution in [3.63, 3.8) is 0 Å². The summed E-state index contributed by atoms with van der Waals surface area (Å²) in [5, 5.41) is 0. The Morgan fingerprint density at radius 2 is 1.12 bits per heavy atom. The highest BCUT2D eigenvalue weighted by atomic mass is 14.2. The summed E-state index contributed by atoms with van der Waals surface area (Å²) in [6, 6.07) is 27.8. The quantitative estimate of drug-likeness (QED) is 0.472. The van der Waals surface area contributed by atoms with E-state index in [4.69, 9.17) is 0 Å². The van der Waals surface area contributed by atoms with Crippen LogP contribution in [-0.4, -0.2) is 0 Å². The molecule has 1 aliphatic carbocycles. The van der Waals surface area contributed by atoms with E-state index in [1.807, 2.05) is 18.2 Å². The van der Waals surface area contributed by atoms with Crippen LogP contribution < -0.4 is 0 Å². The van der Waals surface area contributed by atoms with Crippen molar-refractivity contribution < 1.29 is 0 Å². The minimum Gasteiger partial charge on any atom is -0.121 e. The second kappa shape index (κ2) is 7.05. The predicted molar refractivity (Wildman–Crippen MR) is 107 cm³/mol. The van der Waals surface area contributed by atoms with Gasteiger partial charge in [0.25, 0.3) is 0 Å². The largest absolute Gasteiger partial charge is 0.121 e. The molecule has 118 valence electrons. The second-order valence-electron chi connectivity index (χ2n) is 5.94. The molecule has 25 heavy (non-hydrogen) atoms. The minimum absolute atomic E-state index is 1.19. The SMILES string of the molecule is C1=CC=CC(c2ccccc2-c2ccccc2-c2ccccc2)=CC=1. The molecule has 1 aliphatic rings. The van der Waals surface area contributed by atoms with Gasteiger partial charge in [-0.2, -0.15) is 0 Å². The maximum atomic E-state index is 3.13. The first kappa shape index (κ1) is 15.2. The Labute approximate surface area is 148 Å². The lowest BCUT2D eigenvalue weighted by atomic mass is 9.89. The molecule has 0 saturated heterocycles. The average molecular weight is 318 g/mol. The first-order valence-electron chi connectivity index (χ1n) is 8.47. The molecule has 0 unspecified atom stereocenters. The van der Waals surface area contributed by atoms with Crippen molar-refractivity contribution in [3.05, 3.63) is 121 Å². The topological polar surface area (TPSA) is 0 Å². The predicted octanol–water partition coefficient (Wildman–Crippen LogP) is 6.69. The molecule has 0 saturated carbocycles. The third kappa shape index (κ3) is 3.17. The van der Waals surface area contributed by atoms with Crippen LogP contribution in [0.4, 0.5) is 0 Å². The fourth-order valence-electron chi connectivity index (χ4n) is 3.19. The lowest BCUT2D eigenvalue weighted by molar-refractivity contribution is 1.55. The van der Waals surface area contributed by atoms with E-state index in [2.05, 4.69) is 96.7 Å². The molecule has 0 atom stereocenters. The van der Waals surface area contributed by atoms with Gasteiger partial charge in [-0.25, -0.2) is 0 Å². The molecule has 0 fully saturated rings. The number of hydrogen-bond acceptors (Lipinski definition) is 0. The summed E-state index contributed by atoms with van der Waals surface area (Å²) in [5.41, 5.74) is 10.5. The minimum atomic E-state index is 1.19. The Kier molecular flexibility index (Phi) is 4.29. The van der Waals surface area contributed by atoms with Crippen LogP contribution in [0, 0.1) is 0 Å². The maximum Gasteiger partial charge on any atom is -0.00992 e.